The molecule has 0 saturated carbocycles. The summed E-state index contributed by atoms with van der Waals surface area (Å²) in [5, 5.41) is 9.76. The van der Waals surface area contributed by atoms with E-state index in [1.54, 1.807) is 0 Å². The molecule has 4 rings (SSSR count). The summed E-state index contributed by atoms with van der Waals surface area (Å²) in [6, 6.07) is 10.5. The first-order valence-corrected chi connectivity index (χ1v) is 7.15. The van der Waals surface area contributed by atoms with Gasteiger partial charge in [0.25, 0.3) is 0 Å². The third kappa shape index (κ3) is 1.72. The van der Waals surface area contributed by atoms with E-state index in [0.29, 0.717) is 12.0 Å². The quantitative estimate of drug-likeness (QED) is 0.900. The zero-order valence-corrected chi connectivity index (χ0v) is 11.0. The number of aliphatic hydroxyl groups excluding tert-OH is 1. The normalized spacial score (nSPS) is 30.6. The van der Waals surface area contributed by atoms with Gasteiger partial charge in [0.05, 0.1) is 18.4 Å². The first-order chi connectivity index (χ1) is 9.36. The molecule has 1 aromatic carbocycles. The van der Waals surface area contributed by atoms with E-state index in [-0.39, 0.29) is 12.6 Å². The lowest BCUT2D eigenvalue weighted by molar-refractivity contribution is 0.107. The maximum atomic E-state index is 9.76. The minimum atomic E-state index is 0.124. The SMILES string of the molecule is OC[C@H](c1ccccc1)N1CC2=C3CCC(O3)C2C1. The number of allylic oxidation sites excluding steroid dienone is 1. The van der Waals surface area contributed by atoms with E-state index in [4.69, 9.17) is 4.74 Å². The summed E-state index contributed by atoms with van der Waals surface area (Å²) in [5.41, 5.74) is 2.72. The van der Waals surface area contributed by atoms with Gasteiger partial charge in [-0.05, 0) is 17.6 Å². The number of rotatable bonds is 3. The van der Waals surface area contributed by atoms with E-state index in [1.807, 2.05) is 18.2 Å². The highest BCUT2D eigenvalue weighted by atomic mass is 16.5. The number of hydrogen-bond donors (Lipinski definition) is 1. The molecular formula is C16H19NO2. The smallest absolute Gasteiger partial charge is 0.107 e. The summed E-state index contributed by atoms with van der Waals surface area (Å²) < 4.78 is 5.90. The van der Waals surface area contributed by atoms with Gasteiger partial charge in [-0.25, -0.2) is 0 Å². The summed E-state index contributed by atoms with van der Waals surface area (Å²) in [6.45, 7) is 2.19. The van der Waals surface area contributed by atoms with Crippen LogP contribution in [0.4, 0.5) is 0 Å². The Morgan fingerprint density at radius 2 is 2.16 bits per heavy atom. The van der Waals surface area contributed by atoms with Gasteiger partial charge in [-0.1, -0.05) is 30.3 Å². The number of fused-ring (bicyclic) bond motifs is 4. The van der Waals surface area contributed by atoms with Crippen LogP contribution in [0.2, 0.25) is 0 Å². The van der Waals surface area contributed by atoms with Gasteiger partial charge in [0.1, 0.15) is 6.10 Å². The van der Waals surface area contributed by atoms with Crippen LogP contribution in [0.3, 0.4) is 0 Å². The second-order valence-corrected chi connectivity index (χ2v) is 5.79. The molecular weight excluding hydrogens is 238 g/mol. The molecule has 2 unspecified atom stereocenters. The Balaban J connectivity index is 1.59. The van der Waals surface area contributed by atoms with Crippen LogP contribution in [0.1, 0.15) is 24.4 Å². The Labute approximate surface area is 113 Å². The van der Waals surface area contributed by atoms with Crippen LogP contribution in [-0.2, 0) is 4.74 Å². The largest absolute Gasteiger partial charge is 0.494 e. The minimum absolute atomic E-state index is 0.124. The van der Waals surface area contributed by atoms with Crippen LogP contribution in [0.25, 0.3) is 0 Å². The molecule has 0 spiro atoms. The zero-order valence-electron chi connectivity index (χ0n) is 11.0. The Kier molecular flexibility index (Phi) is 2.64. The van der Waals surface area contributed by atoms with E-state index in [2.05, 4.69) is 17.0 Å². The summed E-state index contributed by atoms with van der Waals surface area (Å²) >= 11 is 0. The molecule has 3 heteroatoms. The average Bonchev–Trinajstić information content (AvgIpc) is 3.13. The molecule has 0 amide bonds. The molecule has 2 fully saturated rings. The van der Waals surface area contributed by atoms with Crippen LogP contribution < -0.4 is 0 Å². The molecule has 100 valence electrons. The number of aliphatic hydroxyl groups is 1. The van der Waals surface area contributed by atoms with Gasteiger partial charge < -0.3 is 9.84 Å². The number of ether oxygens (including phenoxy) is 1. The Hall–Kier alpha value is -1.32. The first kappa shape index (κ1) is 11.5. The number of nitrogens with zero attached hydrogens (tertiary/aromatic N) is 1. The van der Waals surface area contributed by atoms with Crippen molar-refractivity contribution in [3.8, 4) is 0 Å². The van der Waals surface area contributed by atoms with Crippen LogP contribution in [-0.4, -0.2) is 35.8 Å². The van der Waals surface area contributed by atoms with Crippen molar-refractivity contribution in [1.29, 1.82) is 0 Å². The minimum Gasteiger partial charge on any atom is -0.494 e. The van der Waals surface area contributed by atoms with Crippen molar-refractivity contribution in [3.05, 3.63) is 47.2 Å². The predicted octanol–water partition coefficient (Wildman–Crippen LogP) is 2.10. The highest BCUT2D eigenvalue weighted by Crippen LogP contribution is 2.47. The van der Waals surface area contributed by atoms with Crippen molar-refractivity contribution in [3.63, 3.8) is 0 Å². The number of benzene rings is 1. The topological polar surface area (TPSA) is 32.7 Å². The Morgan fingerprint density at radius 3 is 2.89 bits per heavy atom. The fourth-order valence-electron chi connectivity index (χ4n) is 3.84. The van der Waals surface area contributed by atoms with Gasteiger partial charge in [-0.15, -0.1) is 0 Å². The average molecular weight is 257 g/mol. The predicted molar refractivity (Wildman–Crippen MR) is 72.5 cm³/mol. The first-order valence-electron chi connectivity index (χ1n) is 7.15. The molecule has 3 heterocycles. The molecule has 2 saturated heterocycles. The summed E-state index contributed by atoms with van der Waals surface area (Å²) in [5.74, 6) is 1.84. The van der Waals surface area contributed by atoms with Crippen molar-refractivity contribution in [2.24, 2.45) is 5.92 Å². The standard InChI is InChI=1S/C16H19NO2/c18-10-14(11-4-2-1-3-5-11)17-8-12-13(9-17)16-7-6-15(12)19-16/h1-5,12,14-15,18H,6-10H2/t12?,14-,15?/m1/s1. The van der Waals surface area contributed by atoms with Gasteiger partial charge in [0.2, 0.25) is 0 Å². The fraction of sp³-hybridized carbons (Fsp3) is 0.500. The van der Waals surface area contributed by atoms with E-state index in [0.717, 1.165) is 19.5 Å². The molecule has 1 N–H and O–H groups in total. The van der Waals surface area contributed by atoms with Gasteiger partial charge in [-0.2, -0.15) is 0 Å². The highest BCUT2D eigenvalue weighted by molar-refractivity contribution is 5.30. The third-order valence-corrected chi connectivity index (χ3v) is 4.81. The van der Waals surface area contributed by atoms with E-state index in [1.165, 1.54) is 23.3 Å². The molecule has 0 aliphatic carbocycles. The Morgan fingerprint density at radius 1 is 1.32 bits per heavy atom. The number of likely N-dealkylation sites (tertiary alicyclic amines) is 1. The molecule has 3 aliphatic rings. The summed E-state index contributed by atoms with van der Waals surface area (Å²) in [7, 11) is 0. The summed E-state index contributed by atoms with van der Waals surface area (Å²) in [4.78, 5) is 2.41. The zero-order chi connectivity index (χ0) is 12.8. The molecule has 2 bridgehead atoms. The van der Waals surface area contributed by atoms with E-state index >= 15 is 0 Å². The molecule has 0 aromatic heterocycles. The van der Waals surface area contributed by atoms with Crippen molar-refractivity contribution in [2.75, 3.05) is 19.7 Å². The lowest BCUT2D eigenvalue weighted by atomic mass is 9.90. The van der Waals surface area contributed by atoms with Gasteiger partial charge in [0.15, 0.2) is 0 Å². The van der Waals surface area contributed by atoms with Gasteiger partial charge in [-0.3, -0.25) is 4.90 Å². The lowest BCUT2D eigenvalue weighted by Crippen LogP contribution is -2.31. The molecule has 3 aliphatic heterocycles. The molecule has 3 nitrogen and oxygen atoms in total. The van der Waals surface area contributed by atoms with Crippen molar-refractivity contribution >= 4 is 0 Å². The molecule has 3 atom stereocenters. The second-order valence-electron chi connectivity index (χ2n) is 5.79. The van der Waals surface area contributed by atoms with Gasteiger partial charge in [0, 0.05) is 25.4 Å². The highest BCUT2D eigenvalue weighted by Gasteiger charge is 2.47. The second kappa shape index (κ2) is 4.36. The van der Waals surface area contributed by atoms with Crippen LogP contribution >= 0.6 is 0 Å². The maximum absolute atomic E-state index is 9.76. The fourth-order valence-corrected chi connectivity index (χ4v) is 3.84. The lowest BCUT2D eigenvalue weighted by Gasteiger charge is -2.27. The van der Waals surface area contributed by atoms with E-state index < -0.39 is 0 Å². The van der Waals surface area contributed by atoms with Crippen LogP contribution in [0.15, 0.2) is 41.7 Å². The monoisotopic (exact) mass is 257 g/mol. The van der Waals surface area contributed by atoms with Crippen molar-refractivity contribution < 1.29 is 9.84 Å². The van der Waals surface area contributed by atoms with E-state index in [9.17, 15) is 5.11 Å². The maximum Gasteiger partial charge on any atom is 0.107 e. The number of hydrogen-bond acceptors (Lipinski definition) is 3. The Bertz CT molecular complexity index is 511. The van der Waals surface area contributed by atoms with Crippen molar-refractivity contribution in [1.82, 2.24) is 4.90 Å². The van der Waals surface area contributed by atoms with Gasteiger partial charge >= 0.3 is 0 Å². The summed E-state index contributed by atoms with van der Waals surface area (Å²) in [6.07, 6.45) is 2.73. The van der Waals surface area contributed by atoms with Crippen LogP contribution in [0.5, 0.6) is 0 Å². The molecule has 0 radical (unpaired) electrons. The van der Waals surface area contributed by atoms with Crippen molar-refractivity contribution in [2.45, 2.75) is 25.0 Å². The van der Waals surface area contributed by atoms with Crippen LogP contribution in [0, 0.1) is 5.92 Å². The molecule has 1 aromatic rings. The third-order valence-electron chi connectivity index (χ3n) is 4.81. The molecule has 19 heavy (non-hydrogen) atoms.